The molecule has 0 amide bonds. The van der Waals surface area contributed by atoms with Crippen LogP contribution in [-0.2, 0) is 0 Å². The van der Waals surface area contributed by atoms with Crippen molar-refractivity contribution in [1.82, 2.24) is 0 Å². The zero-order valence-electron chi connectivity index (χ0n) is 10.7. The number of hydrogen-bond donors (Lipinski definition) is 1. The second kappa shape index (κ2) is 5.04. The summed E-state index contributed by atoms with van der Waals surface area (Å²) in [4.78, 5) is 0. The number of aryl methyl sites for hydroxylation is 1. The molecular formula is C16H12BrFO2. The fourth-order valence-corrected chi connectivity index (χ4v) is 2.59. The zero-order valence-corrected chi connectivity index (χ0v) is 12.3. The quantitative estimate of drug-likeness (QED) is 0.735. The van der Waals surface area contributed by atoms with Gasteiger partial charge in [-0.2, -0.15) is 0 Å². The van der Waals surface area contributed by atoms with Crippen molar-refractivity contribution in [3.05, 3.63) is 69.6 Å². The molecule has 3 rings (SSSR count). The van der Waals surface area contributed by atoms with Gasteiger partial charge < -0.3 is 9.52 Å². The molecule has 2 nitrogen and oxygen atoms in total. The van der Waals surface area contributed by atoms with Crippen molar-refractivity contribution in [2.24, 2.45) is 0 Å². The minimum Gasteiger partial charge on any atom is -0.457 e. The Morgan fingerprint density at radius 3 is 2.70 bits per heavy atom. The standard InChI is InChI=1S/C16H12BrFO2/c1-9-5-6-10(7-13(9)18)15(19)14-8-11-3-2-4-12(17)16(11)20-14/h2-8,15,19H,1H3. The highest BCUT2D eigenvalue weighted by molar-refractivity contribution is 9.10. The van der Waals surface area contributed by atoms with Crippen molar-refractivity contribution in [1.29, 1.82) is 0 Å². The Balaban J connectivity index is 2.05. The molecule has 0 saturated heterocycles. The van der Waals surface area contributed by atoms with Crippen LogP contribution in [0.1, 0.15) is 23.0 Å². The molecular weight excluding hydrogens is 323 g/mol. The second-order valence-corrected chi connectivity index (χ2v) is 5.57. The van der Waals surface area contributed by atoms with Gasteiger partial charge in [0.25, 0.3) is 0 Å². The molecule has 0 bridgehead atoms. The van der Waals surface area contributed by atoms with E-state index in [1.54, 1.807) is 25.1 Å². The highest BCUT2D eigenvalue weighted by atomic mass is 79.9. The third-order valence-corrected chi connectivity index (χ3v) is 3.92. The van der Waals surface area contributed by atoms with Crippen LogP contribution in [0.25, 0.3) is 11.0 Å². The molecule has 2 aromatic carbocycles. The Morgan fingerprint density at radius 1 is 1.20 bits per heavy atom. The van der Waals surface area contributed by atoms with Gasteiger partial charge in [-0.25, -0.2) is 4.39 Å². The number of hydrogen-bond acceptors (Lipinski definition) is 2. The lowest BCUT2D eigenvalue weighted by Crippen LogP contribution is -1.99. The summed E-state index contributed by atoms with van der Waals surface area (Å²) in [5, 5.41) is 11.2. The number of rotatable bonds is 2. The van der Waals surface area contributed by atoms with Gasteiger partial charge in [-0.15, -0.1) is 0 Å². The van der Waals surface area contributed by atoms with Crippen LogP contribution < -0.4 is 0 Å². The van der Waals surface area contributed by atoms with Gasteiger partial charge in [0, 0.05) is 5.39 Å². The summed E-state index contributed by atoms with van der Waals surface area (Å²) in [5.74, 6) is 0.0639. The zero-order chi connectivity index (χ0) is 14.3. The molecule has 0 fully saturated rings. The summed E-state index contributed by atoms with van der Waals surface area (Å²) in [7, 11) is 0. The lowest BCUT2D eigenvalue weighted by atomic mass is 10.0. The van der Waals surface area contributed by atoms with Crippen molar-refractivity contribution in [3.63, 3.8) is 0 Å². The summed E-state index contributed by atoms with van der Waals surface area (Å²) < 4.78 is 20.1. The molecule has 1 N–H and O–H groups in total. The Kier molecular flexibility index (Phi) is 3.36. The molecule has 4 heteroatoms. The van der Waals surface area contributed by atoms with Crippen molar-refractivity contribution < 1.29 is 13.9 Å². The second-order valence-electron chi connectivity index (χ2n) is 4.72. The average molecular weight is 335 g/mol. The molecule has 1 atom stereocenters. The van der Waals surface area contributed by atoms with E-state index in [9.17, 15) is 9.50 Å². The molecule has 1 unspecified atom stereocenters. The van der Waals surface area contributed by atoms with Crippen LogP contribution in [0.4, 0.5) is 4.39 Å². The van der Waals surface area contributed by atoms with Crippen LogP contribution in [0.5, 0.6) is 0 Å². The number of fused-ring (bicyclic) bond motifs is 1. The number of aliphatic hydroxyl groups is 1. The summed E-state index contributed by atoms with van der Waals surface area (Å²) in [6.45, 7) is 1.68. The number of para-hydroxylation sites is 1. The maximum Gasteiger partial charge on any atom is 0.148 e. The molecule has 0 aliphatic rings. The fraction of sp³-hybridized carbons (Fsp3) is 0.125. The van der Waals surface area contributed by atoms with Crippen molar-refractivity contribution in [3.8, 4) is 0 Å². The van der Waals surface area contributed by atoms with Gasteiger partial charge >= 0.3 is 0 Å². The van der Waals surface area contributed by atoms with E-state index in [0.29, 0.717) is 22.5 Å². The smallest absolute Gasteiger partial charge is 0.148 e. The van der Waals surface area contributed by atoms with E-state index >= 15 is 0 Å². The van der Waals surface area contributed by atoms with Gasteiger partial charge in [0.05, 0.1) is 4.47 Å². The van der Waals surface area contributed by atoms with Gasteiger partial charge in [0.1, 0.15) is 23.3 Å². The third kappa shape index (κ3) is 2.25. The Bertz CT molecular complexity index is 779. The van der Waals surface area contributed by atoms with Gasteiger partial charge in [0.2, 0.25) is 0 Å². The largest absolute Gasteiger partial charge is 0.457 e. The van der Waals surface area contributed by atoms with E-state index in [2.05, 4.69) is 15.9 Å². The first-order valence-corrected chi connectivity index (χ1v) is 6.97. The summed E-state index contributed by atoms with van der Waals surface area (Å²) >= 11 is 3.40. The lowest BCUT2D eigenvalue weighted by molar-refractivity contribution is 0.192. The van der Waals surface area contributed by atoms with Gasteiger partial charge in [-0.3, -0.25) is 0 Å². The van der Waals surface area contributed by atoms with E-state index in [4.69, 9.17) is 4.42 Å². The number of furan rings is 1. The van der Waals surface area contributed by atoms with Crippen LogP contribution in [0.3, 0.4) is 0 Å². The third-order valence-electron chi connectivity index (χ3n) is 3.30. The predicted octanol–water partition coefficient (Wildman–Crippen LogP) is 4.72. The molecule has 0 saturated carbocycles. The van der Waals surface area contributed by atoms with Gasteiger partial charge in [-0.1, -0.05) is 24.3 Å². The van der Waals surface area contributed by atoms with E-state index in [1.807, 2.05) is 18.2 Å². The Morgan fingerprint density at radius 2 is 2.00 bits per heavy atom. The maximum absolute atomic E-state index is 13.6. The first-order valence-electron chi connectivity index (χ1n) is 6.18. The van der Waals surface area contributed by atoms with Gasteiger partial charge in [0.15, 0.2) is 0 Å². The van der Waals surface area contributed by atoms with Crippen molar-refractivity contribution >= 4 is 26.9 Å². The molecule has 0 aliphatic carbocycles. The van der Waals surface area contributed by atoms with Crippen LogP contribution in [0.15, 0.2) is 51.4 Å². The molecule has 20 heavy (non-hydrogen) atoms. The minimum atomic E-state index is -0.982. The van der Waals surface area contributed by atoms with E-state index in [-0.39, 0.29) is 5.82 Å². The first kappa shape index (κ1) is 13.3. The van der Waals surface area contributed by atoms with E-state index in [1.165, 1.54) is 6.07 Å². The maximum atomic E-state index is 13.6. The van der Waals surface area contributed by atoms with Crippen LogP contribution in [0.2, 0.25) is 0 Å². The van der Waals surface area contributed by atoms with Crippen LogP contribution in [0, 0.1) is 12.7 Å². The van der Waals surface area contributed by atoms with E-state index < -0.39 is 6.10 Å². The average Bonchev–Trinajstić information content (AvgIpc) is 2.86. The Labute approximate surface area is 124 Å². The van der Waals surface area contributed by atoms with Crippen LogP contribution in [-0.4, -0.2) is 5.11 Å². The molecule has 1 heterocycles. The summed E-state index contributed by atoms with van der Waals surface area (Å²) in [6, 6.07) is 12.1. The monoisotopic (exact) mass is 334 g/mol. The normalized spacial score (nSPS) is 12.8. The van der Waals surface area contributed by atoms with Crippen molar-refractivity contribution in [2.45, 2.75) is 13.0 Å². The molecule has 3 aromatic rings. The van der Waals surface area contributed by atoms with Crippen molar-refractivity contribution in [2.75, 3.05) is 0 Å². The first-order chi connectivity index (χ1) is 9.56. The minimum absolute atomic E-state index is 0.334. The fourth-order valence-electron chi connectivity index (χ4n) is 2.13. The number of halogens is 2. The SMILES string of the molecule is Cc1ccc(C(O)c2cc3cccc(Br)c3o2)cc1F. The molecule has 0 spiro atoms. The molecule has 0 aliphatic heterocycles. The number of benzene rings is 2. The van der Waals surface area contributed by atoms with Gasteiger partial charge in [-0.05, 0) is 52.2 Å². The Hall–Kier alpha value is -1.65. The lowest BCUT2D eigenvalue weighted by Gasteiger charge is -2.08. The molecule has 102 valence electrons. The van der Waals surface area contributed by atoms with E-state index in [0.717, 1.165) is 9.86 Å². The topological polar surface area (TPSA) is 33.4 Å². The molecule has 0 radical (unpaired) electrons. The predicted molar refractivity (Wildman–Crippen MR) is 79.1 cm³/mol. The highest BCUT2D eigenvalue weighted by Crippen LogP contribution is 2.32. The highest BCUT2D eigenvalue weighted by Gasteiger charge is 2.17. The van der Waals surface area contributed by atoms with Crippen LogP contribution >= 0.6 is 15.9 Å². The summed E-state index contributed by atoms with van der Waals surface area (Å²) in [6.07, 6.45) is -0.982. The molecule has 1 aromatic heterocycles. The number of aliphatic hydroxyl groups excluding tert-OH is 1. The summed E-state index contributed by atoms with van der Waals surface area (Å²) in [5.41, 5.74) is 1.70.